The van der Waals surface area contributed by atoms with Crippen LogP contribution < -0.4 is 0 Å². The number of alkyl halides is 1. The van der Waals surface area contributed by atoms with Crippen LogP contribution in [-0.2, 0) is 4.79 Å². The molecule has 0 saturated heterocycles. The number of carboxylic acids is 1. The number of aliphatic hydroxyl groups is 1. The summed E-state index contributed by atoms with van der Waals surface area (Å²) in [5.41, 5.74) is 0. The lowest BCUT2D eigenvalue weighted by Crippen LogP contribution is -2.05. The predicted octanol–water partition coefficient (Wildman–Crippen LogP) is 1.67. The molecule has 0 fully saturated rings. The van der Waals surface area contributed by atoms with E-state index in [4.69, 9.17) is 10.2 Å². The molecule has 0 aromatic rings. The zero-order valence-corrected chi connectivity index (χ0v) is 9.04. The number of aliphatic carboxylic acids is 1. The van der Waals surface area contributed by atoms with Crippen LogP contribution in [-0.4, -0.2) is 26.7 Å². The lowest BCUT2D eigenvalue weighted by molar-refractivity contribution is -0.135. The zero-order chi connectivity index (χ0) is 9.28. The minimum Gasteiger partial charge on any atom is -0.480 e. The maximum atomic E-state index is 9.69. The van der Waals surface area contributed by atoms with E-state index in [0.717, 1.165) is 12.8 Å². The van der Waals surface area contributed by atoms with Gasteiger partial charge in [0.05, 0.1) is 0 Å². The average Bonchev–Trinajstić information content (AvgIpc) is 1.90. The van der Waals surface area contributed by atoms with Crippen molar-refractivity contribution >= 4 is 28.6 Å². The maximum Gasteiger partial charge on any atom is 0.316 e. The fraction of sp³-hybridized carbons (Fsp3) is 0.857. The third kappa shape index (κ3) is 17.8. The third-order valence-electron chi connectivity index (χ3n) is 0.852. The summed E-state index contributed by atoms with van der Waals surface area (Å²) >= 11 is 1.83. The quantitative estimate of drug-likeness (QED) is 0.608. The Hall–Kier alpha value is 0.160. The molecule has 0 bridgehead atoms. The molecular formula is C7H15IO3. The Kier molecular flexibility index (Phi) is 12.7. The first-order valence-electron chi connectivity index (χ1n) is 3.54. The SMILES string of the molecule is CC(I)C(=O)O.CCCCO. The van der Waals surface area contributed by atoms with Gasteiger partial charge in [-0.25, -0.2) is 0 Å². The lowest BCUT2D eigenvalue weighted by Gasteiger charge is -1.87. The number of aliphatic hydroxyl groups excluding tert-OH is 1. The summed E-state index contributed by atoms with van der Waals surface area (Å²) in [5, 5.41) is 16.0. The van der Waals surface area contributed by atoms with Crippen molar-refractivity contribution in [2.75, 3.05) is 6.61 Å². The van der Waals surface area contributed by atoms with Gasteiger partial charge >= 0.3 is 5.97 Å². The van der Waals surface area contributed by atoms with Crippen LogP contribution in [0.5, 0.6) is 0 Å². The molecule has 68 valence electrons. The predicted molar refractivity (Wildman–Crippen MR) is 53.1 cm³/mol. The van der Waals surface area contributed by atoms with Gasteiger partial charge in [0.15, 0.2) is 0 Å². The van der Waals surface area contributed by atoms with Gasteiger partial charge in [0.2, 0.25) is 0 Å². The van der Waals surface area contributed by atoms with Gasteiger partial charge in [0.1, 0.15) is 3.92 Å². The van der Waals surface area contributed by atoms with Crippen LogP contribution >= 0.6 is 22.6 Å². The lowest BCUT2D eigenvalue weighted by atomic mass is 10.4. The van der Waals surface area contributed by atoms with Crippen LogP contribution in [0.1, 0.15) is 26.7 Å². The van der Waals surface area contributed by atoms with Crippen molar-refractivity contribution in [1.29, 1.82) is 0 Å². The van der Waals surface area contributed by atoms with Crippen LogP contribution in [0.15, 0.2) is 0 Å². The number of carbonyl (C=O) groups is 1. The minimum atomic E-state index is -0.754. The maximum absolute atomic E-state index is 9.69. The number of hydrogen-bond acceptors (Lipinski definition) is 2. The Morgan fingerprint density at radius 2 is 2.00 bits per heavy atom. The molecule has 0 amide bonds. The standard InChI is InChI=1S/C4H10O.C3H5IO2/c1-2-3-4-5;1-2(4)3(5)6/h5H,2-4H2,1H3;2H,1H3,(H,5,6). The third-order valence-corrected chi connectivity index (χ3v) is 1.38. The number of carboxylic acid groups (broad SMARTS) is 1. The van der Waals surface area contributed by atoms with Gasteiger partial charge in [-0.3, -0.25) is 4.79 Å². The summed E-state index contributed by atoms with van der Waals surface area (Å²) in [6, 6.07) is 0. The van der Waals surface area contributed by atoms with Crippen molar-refractivity contribution in [3.05, 3.63) is 0 Å². The van der Waals surface area contributed by atoms with Gasteiger partial charge in [-0.1, -0.05) is 35.9 Å². The second-order valence-electron chi connectivity index (χ2n) is 2.03. The van der Waals surface area contributed by atoms with E-state index in [1.54, 1.807) is 6.92 Å². The second-order valence-corrected chi connectivity index (χ2v) is 3.90. The van der Waals surface area contributed by atoms with Crippen molar-refractivity contribution in [3.8, 4) is 0 Å². The van der Waals surface area contributed by atoms with Crippen molar-refractivity contribution in [3.63, 3.8) is 0 Å². The van der Waals surface area contributed by atoms with E-state index < -0.39 is 5.97 Å². The van der Waals surface area contributed by atoms with E-state index in [0.29, 0.717) is 6.61 Å². The van der Waals surface area contributed by atoms with Gasteiger partial charge in [0, 0.05) is 6.61 Å². The van der Waals surface area contributed by atoms with Crippen LogP contribution in [0.25, 0.3) is 0 Å². The molecule has 0 radical (unpaired) electrons. The highest BCUT2D eigenvalue weighted by atomic mass is 127. The molecule has 0 aliphatic heterocycles. The van der Waals surface area contributed by atoms with Crippen LogP contribution in [0.3, 0.4) is 0 Å². The number of rotatable bonds is 3. The summed E-state index contributed by atoms with van der Waals surface area (Å²) in [6.07, 6.45) is 2.04. The highest BCUT2D eigenvalue weighted by Gasteiger charge is 2.01. The normalized spacial score (nSPS) is 11.3. The molecule has 2 N–H and O–H groups in total. The summed E-state index contributed by atoms with van der Waals surface area (Å²) < 4.78 is -0.261. The van der Waals surface area contributed by atoms with Gasteiger partial charge < -0.3 is 10.2 Å². The Labute approximate surface area is 80.9 Å². The average molecular weight is 274 g/mol. The topological polar surface area (TPSA) is 57.5 Å². The zero-order valence-electron chi connectivity index (χ0n) is 6.88. The van der Waals surface area contributed by atoms with Crippen molar-refractivity contribution in [2.24, 2.45) is 0 Å². The molecule has 11 heavy (non-hydrogen) atoms. The van der Waals surface area contributed by atoms with Crippen LogP contribution in [0.2, 0.25) is 0 Å². The van der Waals surface area contributed by atoms with E-state index in [9.17, 15) is 4.79 Å². The van der Waals surface area contributed by atoms with Gasteiger partial charge in [-0.05, 0) is 13.3 Å². The van der Waals surface area contributed by atoms with Gasteiger partial charge in [-0.2, -0.15) is 0 Å². The molecule has 0 aliphatic carbocycles. The number of halogens is 1. The molecule has 0 aromatic heterocycles. The molecule has 1 unspecified atom stereocenters. The summed E-state index contributed by atoms with van der Waals surface area (Å²) in [6.45, 7) is 4.02. The molecule has 0 aromatic carbocycles. The van der Waals surface area contributed by atoms with Crippen molar-refractivity contribution in [1.82, 2.24) is 0 Å². The Morgan fingerprint density at radius 1 is 1.64 bits per heavy atom. The van der Waals surface area contributed by atoms with Crippen molar-refractivity contribution < 1.29 is 15.0 Å². The Morgan fingerprint density at radius 3 is 2.00 bits per heavy atom. The van der Waals surface area contributed by atoms with E-state index in [1.165, 1.54) is 0 Å². The molecule has 3 nitrogen and oxygen atoms in total. The summed E-state index contributed by atoms with van der Waals surface area (Å²) in [4.78, 5) is 9.69. The second kappa shape index (κ2) is 10.2. The van der Waals surface area contributed by atoms with E-state index in [2.05, 4.69) is 6.92 Å². The first-order chi connectivity index (χ1) is 5.06. The van der Waals surface area contributed by atoms with E-state index in [1.807, 2.05) is 22.6 Å². The molecule has 0 saturated carbocycles. The molecule has 0 heterocycles. The number of hydrogen-bond donors (Lipinski definition) is 2. The van der Waals surface area contributed by atoms with Gasteiger partial charge in [-0.15, -0.1) is 0 Å². The first kappa shape index (κ1) is 13.7. The molecular weight excluding hydrogens is 259 g/mol. The first-order valence-corrected chi connectivity index (χ1v) is 4.78. The summed E-state index contributed by atoms with van der Waals surface area (Å²) in [7, 11) is 0. The Balaban J connectivity index is 0. The molecule has 0 aliphatic rings. The fourth-order valence-corrected chi connectivity index (χ4v) is 0.158. The fourth-order valence-electron chi connectivity index (χ4n) is 0.158. The molecule has 1 atom stereocenters. The summed E-state index contributed by atoms with van der Waals surface area (Å²) in [5.74, 6) is -0.754. The van der Waals surface area contributed by atoms with E-state index in [-0.39, 0.29) is 3.92 Å². The molecule has 0 rings (SSSR count). The van der Waals surface area contributed by atoms with Crippen molar-refractivity contribution in [2.45, 2.75) is 30.6 Å². The Bertz CT molecular complexity index is 91.7. The molecule has 4 heteroatoms. The highest BCUT2D eigenvalue weighted by molar-refractivity contribution is 14.1. The largest absolute Gasteiger partial charge is 0.480 e. The highest BCUT2D eigenvalue weighted by Crippen LogP contribution is 1.95. The van der Waals surface area contributed by atoms with E-state index >= 15 is 0 Å². The van der Waals surface area contributed by atoms with Gasteiger partial charge in [0.25, 0.3) is 0 Å². The monoisotopic (exact) mass is 274 g/mol. The van der Waals surface area contributed by atoms with Crippen LogP contribution in [0, 0.1) is 0 Å². The number of unbranched alkanes of at least 4 members (excludes halogenated alkanes) is 1. The molecule has 0 spiro atoms. The minimum absolute atomic E-state index is 0.261. The smallest absolute Gasteiger partial charge is 0.316 e. The van der Waals surface area contributed by atoms with Crippen LogP contribution in [0.4, 0.5) is 0 Å².